The van der Waals surface area contributed by atoms with Crippen molar-refractivity contribution >= 4 is 5.69 Å². The van der Waals surface area contributed by atoms with Crippen molar-refractivity contribution in [2.75, 3.05) is 18.6 Å². The fourth-order valence-corrected chi connectivity index (χ4v) is 2.81. The van der Waals surface area contributed by atoms with Crippen molar-refractivity contribution in [1.29, 1.82) is 0 Å². The van der Waals surface area contributed by atoms with Crippen LogP contribution in [-0.2, 0) is 0 Å². The lowest BCUT2D eigenvalue weighted by atomic mass is 9.84. The van der Waals surface area contributed by atoms with Crippen LogP contribution in [0.5, 0.6) is 5.75 Å². The third-order valence-corrected chi connectivity index (χ3v) is 3.81. The summed E-state index contributed by atoms with van der Waals surface area (Å²) in [6.07, 6.45) is 4.25. The molecule has 17 heavy (non-hydrogen) atoms. The molecule has 2 aliphatic heterocycles. The molecule has 3 aliphatic rings. The van der Waals surface area contributed by atoms with Crippen LogP contribution in [0.2, 0.25) is 0 Å². The summed E-state index contributed by atoms with van der Waals surface area (Å²) in [5.41, 5.74) is 1.21. The lowest BCUT2D eigenvalue weighted by Crippen LogP contribution is -2.47. The van der Waals surface area contributed by atoms with Crippen molar-refractivity contribution in [3.8, 4) is 5.75 Å². The summed E-state index contributed by atoms with van der Waals surface area (Å²) in [6, 6.07) is 8.51. The monoisotopic (exact) mass is 231 g/mol. The minimum atomic E-state index is 0.321. The molecule has 0 aromatic heterocycles. The third-order valence-electron chi connectivity index (χ3n) is 3.81. The van der Waals surface area contributed by atoms with Crippen LogP contribution in [0.15, 0.2) is 36.1 Å². The average Bonchev–Trinajstić information content (AvgIpc) is 2.39. The molecule has 0 amide bonds. The zero-order valence-electron chi connectivity index (χ0n) is 9.97. The molecule has 3 heteroatoms. The summed E-state index contributed by atoms with van der Waals surface area (Å²) >= 11 is 0. The first kappa shape index (κ1) is 10.5. The van der Waals surface area contributed by atoms with Crippen LogP contribution in [0.25, 0.3) is 0 Å². The molecule has 3 nitrogen and oxygen atoms in total. The van der Waals surface area contributed by atoms with Crippen LogP contribution in [0.4, 0.5) is 5.69 Å². The van der Waals surface area contributed by atoms with Crippen LogP contribution in [-0.4, -0.2) is 24.8 Å². The summed E-state index contributed by atoms with van der Waals surface area (Å²) in [6.45, 7) is 0.930. The smallest absolute Gasteiger partial charge is 0.119 e. The number of rotatable bonds is 2. The fraction of sp³-hybridized carbons (Fsp3) is 0.429. The Balaban J connectivity index is 1.86. The molecule has 1 N–H and O–H groups in total. The van der Waals surface area contributed by atoms with E-state index in [0.29, 0.717) is 17.7 Å². The second-order valence-corrected chi connectivity index (χ2v) is 4.78. The first-order valence-corrected chi connectivity index (χ1v) is 6.09. The van der Waals surface area contributed by atoms with Crippen LogP contribution in [0, 0.1) is 5.92 Å². The average molecular weight is 231 g/mol. The van der Waals surface area contributed by atoms with Crippen molar-refractivity contribution in [3.05, 3.63) is 36.1 Å². The SMILES string of the molecule is COc1ccc(N2C[C@@H]3CC[C@H]2C=C3O)cc1. The summed E-state index contributed by atoms with van der Waals surface area (Å²) in [7, 11) is 1.68. The molecular formula is C14H17NO2. The largest absolute Gasteiger partial charge is 0.512 e. The van der Waals surface area contributed by atoms with Crippen molar-refractivity contribution in [3.63, 3.8) is 0 Å². The minimum Gasteiger partial charge on any atom is -0.512 e. The van der Waals surface area contributed by atoms with Crippen LogP contribution in [0.3, 0.4) is 0 Å². The molecule has 1 saturated heterocycles. The molecular weight excluding hydrogens is 214 g/mol. The number of ether oxygens (including phenoxy) is 1. The molecule has 1 aliphatic carbocycles. The van der Waals surface area contributed by atoms with Gasteiger partial charge >= 0.3 is 0 Å². The highest BCUT2D eigenvalue weighted by Crippen LogP contribution is 2.36. The lowest BCUT2D eigenvalue weighted by Gasteiger charge is -2.44. The summed E-state index contributed by atoms with van der Waals surface area (Å²) in [4.78, 5) is 2.37. The van der Waals surface area contributed by atoms with Gasteiger partial charge in [-0.15, -0.1) is 0 Å². The minimum absolute atomic E-state index is 0.321. The van der Waals surface area contributed by atoms with Gasteiger partial charge in [-0.3, -0.25) is 0 Å². The van der Waals surface area contributed by atoms with Gasteiger partial charge in [0.05, 0.1) is 18.9 Å². The van der Waals surface area contributed by atoms with E-state index in [-0.39, 0.29) is 0 Å². The number of hydrogen-bond donors (Lipinski definition) is 1. The summed E-state index contributed by atoms with van der Waals surface area (Å²) in [5, 5.41) is 9.76. The van der Waals surface area contributed by atoms with E-state index in [4.69, 9.17) is 4.74 Å². The van der Waals surface area contributed by atoms with Crippen LogP contribution < -0.4 is 9.64 Å². The Morgan fingerprint density at radius 3 is 2.53 bits per heavy atom. The van der Waals surface area contributed by atoms with Gasteiger partial charge in [-0.2, -0.15) is 0 Å². The van der Waals surface area contributed by atoms with Gasteiger partial charge in [0, 0.05) is 18.2 Å². The highest BCUT2D eigenvalue weighted by atomic mass is 16.5. The first-order valence-electron chi connectivity index (χ1n) is 6.09. The Labute approximate surface area is 101 Å². The number of aliphatic hydroxyl groups is 1. The zero-order chi connectivity index (χ0) is 11.8. The predicted molar refractivity (Wildman–Crippen MR) is 67.6 cm³/mol. The molecule has 2 bridgehead atoms. The molecule has 4 rings (SSSR count). The number of benzene rings is 1. The molecule has 0 unspecified atom stereocenters. The quantitative estimate of drug-likeness (QED) is 0.849. The Morgan fingerprint density at radius 1 is 1.24 bits per heavy atom. The molecule has 0 spiro atoms. The number of fused-ring (bicyclic) bond motifs is 2. The number of nitrogens with zero attached hydrogens (tertiary/aromatic N) is 1. The highest BCUT2D eigenvalue weighted by Gasteiger charge is 2.34. The van der Waals surface area contributed by atoms with Crippen molar-refractivity contribution in [2.24, 2.45) is 5.92 Å². The third kappa shape index (κ3) is 1.75. The number of methoxy groups -OCH3 is 1. The molecule has 90 valence electrons. The highest BCUT2D eigenvalue weighted by molar-refractivity contribution is 5.52. The Hall–Kier alpha value is -1.64. The summed E-state index contributed by atoms with van der Waals surface area (Å²) in [5.74, 6) is 1.79. The number of piperidine rings is 1. The number of aliphatic hydroxyl groups excluding tert-OH is 1. The topological polar surface area (TPSA) is 32.7 Å². The maximum atomic E-state index is 9.76. The number of anilines is 1. The van der Waals surface area contributed by atoms with E-state index in [1.807, 2.05) is 18.2 Å². The van der Waals surface area contributed by atoms with Gasteiger partial charge in [-0.25, -0.2) is 0 Å². The van der Waals surface area contributed by atoms with Gasteiger partial charge in [0.25, 0.3) is 0 Å². The summed E-state index contributed by atoms with van der Waals surface area (Å²) < 4.78 is 5.17. The lowest BCUT2D eigenvalue weighted by molar-refractivity contribution is 0.260. The Kier molecular flexibility index (Phi) is 2.46. The van der Waals surface area contributed by atoms with E-state index in [2.05, 4.69) is 17.0 Å². The first-order chi connectivity index (χ1) is 8.28. The maximum absolute atomic E-state index is 9.76. The number of hydrogen-bond acceptors (Lipinski definition) is 3. The van der Waals surface area contributed by atoms with Crippen molar-refractivity contribution in [1.82, 2.24) is 0 Å². The second-order valence-electron chi connectivity index (χ2n) is 4.78. The van der Waals surface area contributed by atoms with Crippen LogP contribution in [0.1, 0.15) is 12.8 Å². The maximum Gasteiger partial charge on any atom is 0.119 e. The predicted octanol–water partition coefficient (Wildman–Crippen LogP) is 2.74. The molecule has 1 aromatic carbocycles. The van der Waals surface area contributed by atoms with E-state index in [0.717, 1.165) is 25.1 Å². The van der Waals surface area contributed by atoms with E-state index >= 15 is 0 Å². The molecule has 1 fully saturated rings. The Bertz CT molecular complexity index is 438. The fourth-order valence-electron chi connectivity index (χ4n) is 2.81. The molecule has 0 radical (unpaired) electrons. The van der Waals surface area contributed by atoms with E-state index in [1.165, 1.54) is 5.69 Å². The van der Waals surface area contributed by atoms with Gasteiger partial charge in [0.1, 0.15) is 5.75 Å². The van der Waals surface area contributed by atoms with E-state index in [9.17, 15) is 5.11 Å². The van der Waals surface area contributed by atoms with Crippen molar-refractivity contribution < 1.29 is 9.84 Å². The molecule has 0 saturated carbocycles. The second kappa shape index (κ2) is 3.99. The molecule has 2 heterocycles. The van der Waals surface area contributed by atoms with Gasteiger partial charge in [0.2, 0.25) is 0 Å². The van der Waals surface area contributed by atoms with E-state index in [1.54, 1.807) is 7.11 Å². The van der Waals surface area contributed by atoms with Gasteiger partial charge in [-0.1, -0.05) is 0 Å². The standard InChI is InChI=1S/C14H17NO2/c1-17-13-6-4-11(5-7-13)15-9-10-2-3-12(15)8-14(10)16/h4-8,10,12,16H,2-3,9H2,1H3/t10-,12-/m0/s1. The van der Waals surface area contributed by atoms with Crippen molar-refractivity contribution in [2.45, 2.75) is 18.9 Å². The van der Waals surface area contributed by atoms with Gasteiger partial charge in [-0.05, 0) is 43.2 Å². The normalized spacial score (nSPS) is 26.9. The Morgan fingerprint density at radius 2 is 2.00 bits per heavy atom. The molecule has 2 atom stereocenters. The zero-order valence-corrected chi connectivity index (χ0v) is 9.97. The van der Waals surface area contributed by atoms with Gasteiger partial charge < -0.3 is 14.7 Å². The van der Waals surface area contributed by atoms with Crippen LogP contribution >= 0.6 is 0 Å². The molecule has 1 aromatic rings. The van der Waals surface area contributed by atoms with E-state index < -0.39 is 0 Å². The van der Waals surface area contributed by atoms with Gasteiger partial charge in [0.15, 0.2) is 0 Å².